The zero-order valence-electron chi connectivity index (χ0n) is 10.2. The lowest BCUT2D eigenvalue weighted by molar-refractivity contribution is 0.00588. The number of ketones is 1. The molecule has 1 fully saturated rings. The number of carbonyl (C=O) groups excluding carboxylic acids is 1. The molecule has 2 aliphatic heterocycles. The number of hydrogen-bond acceptors (Lipinski definition) is 4. The number of rotatable bonds is 1. The van der Waals surface area contributed by atoms with E-state index in [-0.39, 0.29) is 11.8 Å². The fourth-order valence-electron chi connectivity index (χ4n) is 2.47. The smallest absolute Gasteiger partial charge is 0.187 e. The SMILES string of the molecule is O=C1c2cc(Br)cc(Br)c2OC[C@@H]1N1CCOCC1. The van der Waals surface area contributed by atoms with Gasteiger partial charge in [0.05, 0.1) is 23.2 Å². The van der Waals surface area contributed by atoms with Gasteiger partial charge < -0.3 is 9.47 Å². The molecule has 0 unspecified atom stereocenters. The lowest BCUT2D eigenvalue weighted by atomic mass is 9.99. The van der Waals surface area contributed by atoms with Gasteiger partial charge in [0.25, 0.3) is 0 Å². The third-order valence-electron chi connectivity index (χ3n) is 3.45. The minimum atomic E-state index is -0.197. The number of benzene rings is 1. The molecular weight excluding hydrogens is 378 g/mol. The summed E-state index contributed by atoms with van der Waals surface area (Å²) in [5.74, 6) is 0.780. The molecular formula is C13H13Br2NO3. The summed E-state index contributed by atoms with van der Waals surface area (Å²) in [7, 11) is 0. The molecule has 0 bridgehead atoms. The van der Waals surface area contributed by atoms with E-state index in [1.54, 1.807) is 0 Å². The Morgan fingerprint density at radius 1 is 1.21 bits per heavy atom. The third kappa shape index (κ3) is 2.59. The first-order chi connectivity index (χ1) is 9.16. The molecule has 1 aromatic rings. The standard InChI is InChI=1S/C13H13Br2NO3/c14-8-5-9-12(17)11(16-1-3-18-4-2-16)7-19-13(9)10(15)6-8/h5-6,11H,1-4,7H2/t11-/m0/s1. The van der Waals surface area contributed by atoms with Crippen LogP contribution in [0.1, 0.15) is 10.4 Å². The molecule has 1 aromatic carbocycles. The maximum Gasteiger partial charge on any atom is 0.187 e. The van der Waals surface area contributed by atoms with Crippen molar-refractivity contribution in [2.75, 3.05) is 32.9 Å². The monoisotopic (exact) mass is 389 g/mol. The number of fused-ring (bicyclic) bond motifs is 1. The second kappa shape index (κ2) is 5.52. The van der Waals surface area contributed by atoms with Crippen molar-refractivity contribution in [2.24, 2.45) is 0 Å². The van der Waals surface area contributed by atoms with Crippen molar-refractivity contribution in [1.29, 1.82) is 0 Å². The Kier molecular flexibility index (Phi) is 3.93. The van der Waals surface area contributed by atoms with Gasteiger partial charge in [-0.05, 0) is 28.1 Å². The molecule has 0 spiro atoms. The number of Topliss-reactive ketones (excluding diaryl/α,β-unsaturated/α-hetero) is 1. The topological polar surface area (TPSA) is 38.8 Å². The van der Waals surface area contributed by atoms with Crippen molar-refractivity contribution >= 4 is 37.6 Å². The summed E-state index contributed by atoms with van der Waals surface area (Å²) < 4.78 is 12.8. The van der Waals surface area contributed by atoms with Crippen molar-refractivity contribution in [3.63, 3.8) is 0 Å². The molecule has 2 heterocycles. The van der Waals surface area contributed by atoms with Gasteiger partial charge in [0.2, 0.25) is 0 Å². The van der Waals surface area contributed by atoms with Gasteiger partial charge in [-0.1, -0.05) is 15.9 Å². The second-order valence-corrected chi connectivity index (χ2v) is 6.37. The van der Waals surface area contributed by atoms with Gasteiger partial charge in [0.1, 0.15) is 18.4 Å². The average molecular weight is 391 g/mol. The van der Waals surface area contributed by atoms with E-state index in [0.29, 0.717) is 31.1 Å². The maximum absolute atomic E-state index is 12.6. The Morgan fingerprint density at radius 3 is 2.68 bits per heavy atom. The zero-order chi connectivity index (χ0) is 13.4. The van der Waals surface area contributed by atoms with E-state index in [1.165, 1.54) is 0 Å². The predicted molar refractivity (Wildman–Crippen MR) is 77.8 cm³/mol. The number of nitrogens with zero attached hydrogens (tertiary/aromatic N) is 1. The van der Waals surface area contributed by atoms with Gasteiger partial charge in [-0.2, -0.15) is 0 Å². The summed E-state index contributed by atoms with van der Waals surface area (Å²) in [5.41, 5.74) is 0.643. The summed E-state index contributed by atoms with van der Waals surface area (Å²) in [6.07, 6.45) is 0. The van der Waals surface area contributed by atoms with Gasteiger partial charge in [0, 0.05) is 17.6 Å². The Hall–Kier alpha value is -0.430. The number of ether oxygens (including phenoxy) is 2. The summed E-state index contributed by atoms with van der Waals surface area (Å²) in [6, 6.07) is 3.52. The molecule has 0 radical (unpaired) electrons. The largest absolute Gasteiger partial charge is 0.490 e. The molecule has 6 heteroatoms. The van der Waals surface area contributed by atoms with Crippen LogP contribution in [0.3, 0.4) is 0 Å². The molecule has 2 aliphatic rings. The van der Waals surface area contributed by atoms with Gasteiger partial charge in [-0.25, -0.2) is 0 Å². The number of morpholine rings is 1. The van der Waals surface area contributed by atoms with Crippen LogP contribution in [0.4, 0.5) is 0 Å². The van der Waals surface area contributed by atoms with E-state index >= 15 is 0 Å². The van der Waals surface area contributed by atoms with Gasteiger partial charge in [0.15, 0.2) is 5.78 Å². The summed E-state index contributed by atoms with van der Waals surface area (Å²) >= 11 is 6.85. The highest BCUT2D eigenvalue weighted by Crippen LogP contribution is 2.36. The van der Waals surface area contributed by atoms with Crippen LogP contribution >= 0.6 is 31.9 Å². The van der Waals surface area contributed by atoms with Gasteiger partial charge in [-0.15, -0.1) is 0 Å². The average Bonchev–Trinajstić information content (AvgIpc) is 2.41. The highest BCUT2D eigenvalue weighted by molar-refractivity contribution is 9.11. The molecule has 19 heavy (non-hydrogen) atoms. The first-order valence-corrected chi connectivity index (χ1v) is 7.73. The summed E-state index contributed by atoms with van der Waals surface area (Å²) in [4.78, 5) is 14.8. The molecule has 4 nitrogen and oxygen atoms in total. The van der Waals surface area contributed by atoms with Crippen LogP contribution < -0.4 is 4.74 Å². The Bertz CT molecular complexity index is 515. The molecule has 0 aliphatic carbocycles. The molecule has 0 N–H and O–H groups in total. The highest BCUT2D eigenvalue weighted by Gasteiger charge is 2.35. The minimum Gasteiger partial charge on any atom is -0.490 e. The van der Waals surface area contributed by atoms with Crippen molar-refractivity contribution in [1.82, 2.24) is 4.90 Å². The zero-order valence-corrected chi connectivity index (χ0v) is 13.4. The predicted octanol–water partition coefficient (Wildman–Crippen LogP) is 2.49. The molecule has 0 aromatic heterocycles. The van der Waals surface area contributed by atoms with Crippen LogP contribution in [0, 0.1) is 0 Å². The molecule has 102 valence electrons. The van der Waals surface area contributed by atoms with Crippen molar-refractivity contribution in [2.45, 2.75) is 6.04 Å². The summed E-state index contributed by atoms with van der Waals surface area (Å²) in [6.45, 7) is 3.33. The fraction of sp³-hybridized carbons (Fsp3) is 0.462. The van der Waals surface area contributed by atoms with E-state index in [2.05, 4.69) is 36.8 Å². The maximum atomic E-state index is 12.6. The Morgan fingerprint density at radius 2 is 1.95 bits per heavy atom. The van der Waals surface area contributed by atoms with Crippen molar-refractivity contribution in [3.8, 4) is 5.75 Å². The first kappa shape index (κ1) is 13.5. The molecule has 0 amide bonds. The lowest BCUT2D eigenvalue weighted by Crippen LogP contribution is -2.51. The fourth-order valence-corrected chi connectivity index (χ4v) is 3.81. The molecule has 3 rings (SSSR count). The van der Waals surface area contributed by atoms with E-state index in [4.69, 9.17) is 9.47 Å². The number of carbonyl (C=O) groups is 1. The molecule has 1 saturated heterocycles. The summed E-state index contributed by atoms with van der Waals surface area (Å²) in [5, 5.41) is 0. The Labute approximate surface area is 128 Å². The van der Waals surface area contributed by atoms with Crippen LogP contribution in [-0.4, -0.2) is 49.6 Å². The first-order valence-electron chi connectivity index (χ1n) is 6.14. The van der Waals surface area contributed by atoms with E-state index < -0.39 is 0 Å². The lowest BCUT2D eigenvalue weighted by Gasteiger charge is -2.36. The van der Waals surface area contributed by atoms with E-state index in [9.17, 15) is 4.79 Å². The normalized spacial score (nSPS) is 23.9. The van der Waals surface area contributed by atoms with Gasteiger partial charge in [-0.3, -0.25) is 9.69 Å². The van der Waals surface area contributed by atoms with Crippen LogP contribution in [-0.2, 0) is 4.74 Å². The van der Waals surface area contributed by atoms with E-state index in [1.807, 2.05) is 12.1 Å². The van der Waals surface area contributed by atoms with Crippen molar-refractivity contribution < 1.29 is 14.3 Å². The number of hydrogen-bond donors (Lipinski definition) is 0. The van der Waals surface area contributed by atoms with Crippen molar-refractivity contribution in [3.05, 3.63) is 26.6 Å². The van der Waals surface area contributed by atoms with Gasteiger partial charge >= 0.3 is 0 Å². The Balaban J connectivity index is 1.91. The van der Waals surface area contributed by atoms with Crippen LogP contribution in [0.5, 0.6) is 5.75 Å². The highest BCUT2D eigenvalue weighted by atomic mass is 79.9. The minimum absolute atomic E-state index is 0.130. The van der Waals surface area contributed by atoms with Crippen LogP contribution in [0.25, 0.3) is 0 Å². The van der Waals surface area contributed by atoms with Crippen LogP contribution in [0.2, 0.25) is 0 Å². The van der Waals surface area contributed by atoms with E-state index in [0.717, 1.165) is 22.0 Å². The quantitative estimate of drug-likeness (QED) is 0.738. The molecule has 1 atom stereocenters. The second-order valence-electron chi connectivity index (χ2n) is 4.60. The number of halogens is 2. The molecule has 0 saturated carbocycles. The van der Waals surface area contributed by atoms with Crippen LogP contribution in [0.15, 0.2) is 21.1 Å². The third-order valence-corrected chi connectivity index (χ3v) is 4.50.